The number of pyridine rings is 1. The maximum atomic E-state index is 5.58. The minimum Gasteiger partial charge on any atom is -0.533 e. The fraction of sp³-hybridized carbons (Fsp3) is 0.257. The normalized spacial score (nSPS) is 16.5. The van der Waals surface area contributed by atoms with Crippen molar-refractivity contribution < 1.29 is 24.8 Å². The topological polar surface area (TPSA) is 39.9 Å². The molecule has 1 radical (unpaired) electrons. The first-order valence-corrected chi connectivity index (χ1v) is 13.9. The van der Waals surface area contributed by atoms with Gasteiger partial charge in [-0.05, 0) is 61.6 Å². The van der Waals surface area contributed by atoms with E-state index in [1.807, 2.05) is 42.5 Å². The molecule has 0 atom stereocenters. The van der Waals surface area contributed by atoms with E-state index in [0.29, 0.717) is 12.5 Å². The molecule has 3 aliphatic rings. The Kier molecular flexibility index (Phi) is 7.20. The Labute approximate surface area is 249 Å². The summed E-state index contributed by atoms with van der Waals surface area (Å²) in [5.41, 5.74) is 9.40. The SMILES string of the molecule is CC1(C)C=C(C2CCCC2)c2cccc3nc(-c4[c-]cccc4)n1c23.[Ir].[c-]1cccc2c1-c1ncccc1CO2. The summed E-state index contributed by atoms with van der Waals surface area (Å²) in [6.07, 6.45) is 9.68. The van der Waals surface area contributed by atoms with Crippen molar-refractivity contribution in [3.8, 4) is 28.4 Å². The number of ether oxygens (including phenoxy) is 1. The molecular weight excluding hydrogens is 671 g/mol. The molecule has 3 aromatic carbocycles. The molecule has 2 aromatic heterocycles. The van der Waals surface area contributed by atoms with Crippen molar-refractivity contribution in [1.82, 2.24) is 14.5 Å². The molecule has 1 fully saturated rings. The Bertz CT molecular complexity index is 1650. The van der Waals surface area contributed by atoms with Crippen LogP contribution in [0.15, 0.2) is 85.1 Å². The first-order valence-electron chi connectivity index (χ1n) is 13.9. The maximum absolute atomic E-state index is 5.58. The van der Waals surface area contributed by atoms with Crippen LogP contribution in [0.1, 0.15) is 50.7 Å². The van der Waals surface area contributed by atoms with Crippen LogP contribution in [0.2, 0.25) is 0 Å². The van der Waals surface area contributed by atoms with Crippen LogP contribution in [0.3, 0.4) is 0 Å². The zero-order valence-corrected chi connectivity index (χ0v) is 25.2. The minimum atomic E-state index is -0.0833. The van der Waals surface area contributed by atoms with Crippen molar-refractivity contribution in [2.24, 2.45) is 5.92 Å². The molecule has 203 valence electrons. The summed E-state index contributed by atoms with van der Waals surface area (Å²) >= 11 is 0. The Morgan fingerprint density at radius 1 is 0.925 bits per heavy atom. The molecule has 4 heterocycles. The van der Waals surface area contributed by atoms with Gasteiger partial charge in [-0.2, -0.15) is 0 Å². The predicted molar refractivity (Wildman–Crippen MR) is 156 cm³/mol. The zero-order chi connectivity index (χ0) is 26.4. The predicted octanol–water partition coefficient (Wildman–Crippen LogP) is 8.26. The first kappa shape index (κ1) is 26.7. The van der Waals surface area contributed by atoms with E-state index in [-0.39, 0.29) is 25.6 Å². The average molecular weight is 702 g/mol. The van der Waals surface area contributed by atoms with E-state index < -0.39 is 0 Å². The van der Waals surface area contributed by atoms with Crippen molar-refractivity contribution in [3.63, 3.8) is 0 Å². The summed E-state index contributed by atoms with van der Waals surface area (Å²) in [6.45, 7) is 5.23. The smallest absolute Gasteiger partial charge is 0.0942 e. The van der Waals surface area contributed by atoms with E-state index in [4.69, 9.17) is 9.72 Å². The van der Waals surface area contributed by atoms with E-state index in [1.165, 1.54) is 36.8 Å². The average Bonchev–Trinajstić information content (AvgIpc) is 3.66. The second-order valence-corrected chi connectivity index (χ2v) is 11.2. The van der Waals surface area contributed by atoms with Gasteiger partial charge in [-0.15, -0.1) is 60.2 Å². The number of fused-ring (bicyclic) bond motifs is 3. The van der Waals surface area contributed by atoms with Gasteiger partial charge in [0.25, 0.3) is 0 Å². The molecule has 0 saturated heterocycles. The fourth-order valence-corrected chi connectivity index (χ4v) is 6.39. The molecule has 0 spiro atoms. The molecule has 0 N–H and O–H groups in total. The van der Waals surface area contributed by atoms with Crippen LogP contribution < -0.4 is 4.74 Å². The van der Waals surface area contributed by atoms with Gasteiger partial charge in [-0.25, -0.2) is 0 Å². The summed E-state index contributed by atoms with van der Waals surface area (Å²) < 4.78 is 8.00. The van der Waals surface area contributed by atoms with Crippen LogP contribution in [-0.2, 0) is 32.3 Å². The van der Waals surface area contributed by atoms with Crippen molar-refractivity contribution in [2.45, 2.75) is 51.7 Å². The number of aromatic nitrogens is 3. The second-order valence-electron chi connectivity index (χ2n) is 11.2. The van der Waals surface area contributed by atoms with E-state index in [2.05, 4.69) is 71.9 Å². The van der Waals surface area contributed by atoms with Gasteiger partial charge in [-0.3, -0.25) is 4.98 Å². The third kappa shape index (κ3) is 4.62. The number of hydrogen-bond donors (Lipinski definition) is 0. The number of nitrogens with zero attached hydrogens (tertiary/aromatic N) is 3. The minimum absolute atomic E-state index is 0. The largest absolute Gasteiger partial charge is 0.533 e. The van der Waals surface area contributed by atoms with Gasteiger partial charge in [-0.1, -0.05) is 42.7 Å². The zero-order valence-electron chi connectivity index (χ0n) is 22.8. The van der Waals surface area contributed by atoms with Gasteiger partial charge in [0.15, 0.2) is 0 Å². The quantitative estimate of drug-likeness (QED) is 0.174. The van der Waals surface area contributed by atoms with Gasteiger partial charge in [0.1, 0.15) is 0 Å². The number of hydrogen-bond acceptors (Lipinski definition) is 3. The number of rotatable bonds is 2. The van der Waals surface area contributed by atoms with Crippen molar-refractivity contribution in [2.75, 3.05) is 0 Å². The van der Waals surface area contributed by atoms with Crippen molar-refractivity contribution >= 4 is 16.6 Å². The molecule has 5 aromatic rings. The Hall–Kier alpha value is -3.53. The molecule has 0 amide bonds. The number of benzene rings is 3. The fourth-order valence-electron chi connectivity index (χ4n) is 6.39. The third-order valence-corrected chi connectivity index (χ3v) is 8.15. The summed E-state index contributed by atoms with van der Waals surface area (Å²) in [7, 11) is 0. The molecule has 1 saturated carbocycles. The summed E-state index contributed by atoms with van der Waals surface area (Å²) in [5.74, 6) is 2.61. The van der Waals surface area contributed by atoms with E-state index in [1.54, 1.807) is 11.8 Å². The number of allylic oxidation sites excluding steroid dienone is 2. The van der Waals surface area contributed by atoms with Gasteiger partial charge in [0.2, 0.25) is 0 Å². The molecule has 40 heavy (non-hydrogen) atoms. The van der Waals surface area contributed by atoms with Crippen LogP contribution in [0.4, 0.5) is 0 Å². The molecular formula is C35H31IrN3O-2. The monoisotopic (exact) mass is 702 g/mol. The van der Waals surface area contributed by atoms with E-state index in [0.717, 1.165) is 39.5 Å². The Balaban J connectivity index is 0.000000164. The van der Waals surface area contributed by atoms with Crippen LogP contribution in [0.25, 0.3) is 39.3 Å². The van der Waals surface area contributed by atoms with Crippen LogP contribution >= 0.6 is 0 Å². The van der Waals surface area contributed by atoms with Crippen LogP contribution in [0.5, 0.6) is 5.75 Å². The molecule has 0 unspecified atom stereocenters. The maximum Gasteiger partial charge on any atom is 0.0942 e. The van der Waals surface area contributed by atoms with Gasteiger partial charge in [0.05, 0.1) is 29.0 Å². The third-order valence-electron chi connectivity index (χ3n) is 8.15. The van der Waals surface area contributed by atoms with E-state index >= 15 is 0 Å². The molecule has 2 aliphatic heterocycles. The van der Waals surface area contributed by atoms with Gasteiger partial charge in [0, 0.05) is 37.6 Å². The summed E-state index contributed by atoms with van der Waals surface area (Å²) in [6, 6.07) is 31.0. The van der Waals surface area contributed by atoms with Crippen LogP contribution in [0, 0.1) is 18.1 Å². The van der Waals surface area contributed by atoms with Gasteiger partial charge >= 0.3 is 0 Å². The van der Waals surface area contributed by atoms with Crippen molar-refractivity contribution in [3.05, 3.63) is 108 Å². The summed E-state index contributed by atoms with van der Waals surface area (Å²) in [5, 5.41) is 0. The van der Waals surface area contributed by atoms with E-state index in [9.17, 15) is 0 Å². The molecule has 4 nitrogen and oxygen atoms in total. The van der Waals surface area contributed by atoms with Crippen molar-refractivity contribution in [1.29, 1.82) is 0 Å². The molecule has 8 rings (SSSR count). The summed E-state index contributed by atoms with van der Waals surface area (Å²) in [4.78, 5) is 9.36. The first-order chi connectivity index (χ1) is 19.1. The number of para-hydroxylation sites is 1. The number of imidazole rings is 1. The molecule has 0 bridgehead atoms. The molecule has 5 heteroatoms. The second kappa shape index (κ2) is 10.8. The van der Waals surface area contributed by atoms with Crippen LogP contribution in [-0.4, -0.2) is 14.5 Å². The Morgan fingerprint density at radius 3 is 2.60 bits per heavy atom. The molecule has 1 aliphatic carbocycles. The van der Waals surface area contributed by atoms with Gasteiger partial charge < -0.3 is 14.3 Å². The standard InChI is InChI=1S/C23H23N2.C12H8NO.Ir/c1-23(2)15-19(16-9-6-7-10-16)18-13-8-14-20-21(18)25(23)22(24-20)17-11-4-3-5-12-17;1-2-6-11-10(5-1)12-9(8-14-11)4-3-7-13-12;/h3-5,8,11,13-16H,6-7,9-10H2,1-2H3;1-4,6-7H,8H2;/q2*-1;. The Morgan fingerprint density at radius 2 is 1.77 bits per heavy atom.